The standard InChI is InChI=1S/C18H25N5O/c1-21(2)11-14-12-23(17-8-4-5-9-19-17)13-15(14)20-18(24)16-7-6-10-22(16)3/h4-10,14-15H,11-13H2,1-3H3,(H,20,24)/t14-,15-/m1/s1. The maximum atomic E-state index is 12.6. The maximum absolute atomic E-state index is 12.6. The summed E-state index contributed by atoms with van der Waals surface area (Å²) in [7, 11) is 6.03. The van der Waals surface area contributed by atoms with Gasteiger partial charge in [0, 0.05) is 45.0 Å². The molecule has 0 bridgehead atoms. The molecule has 0 unspecified atom stereocenters. The van der Waals surface area contributed by atoms with E-state index in [4.69, 9.17) is 0 Å². The number of rotatable bonds is 5. The Balaban J connectivity index is 1.74. The van der Waals surface area contributed by atoms with Crippen molar-refractivity contribution in [2.24, 2.45) is 13.0 Å². The Morgan fingerprint density at radius 3 is 2.75 bits per heavy atom. The first-order chi connectivity index (χ1) is 11.5. The van der Waals surface area contributed by atoms with Crippen molar-refractivity contribution in [1.29, 1.82) is 0 Å². The number of amides is 1. The SMILES string of the molecule is CN(C)C[C@@H]1CN(c2ccccn2)C[C@H]1NC(=O)c1cccn1C. The third kappa shape index (κ3) is 3.59. The minimum absolute atomic E-state index is 0.0147. The van der Waals surface area contributed by atoms with Gasteiger partial charge in [-0.25, -0.2) is 4.98 Å². The summed E-state index contributed by atoms with van der Waals surface area (Å²) >= 11 is 0. The summed E-state index contributed by atoms with van der Waals surface area (Å²) in [5, 5.41) is 3.22. The zero-order valence-corrected chi connectivity index (χ0v) is 14.5. The molecule has 2 aromatic rings. The summed E-state index contributed by atoms with van der Waals surface area (Å²) in [5.41, 5.74) is 0.690. The molecule has 1 aliphatic rings. The van der Waals surface area contributed by atoms with E-state index in [2.05, 4.69) is 34.2 Å². The predicted octanol–water partition coefficient (Wildman–Crippen LogP) is 1.22. The first-order valence-electron chi connectivity index (χ1n) is 8.27. The van der Waals surface area contributed by atoms with E-state index in [0.717, 1.165) is 25.5 Å². The van der Waals surface area contributed by atoms with Gasteiger partial charge in [-0.05, 0) is 38.4 Å². The molecule has 0 radical (unpaired) electrons. The number of hydrogen-bond acceptors (Lipinski definition) is 4. The largest absolute Gasteiger partial charge is 0.354 e. The molecule has 3 rings (SSSR count). The van der Waals surface area contributed by atoms with Crippen molar-refractivity contribution in [2.45, 2.75) is 6.04 Å². The molecule has 1 N–H and O–H groups in total. The van der Waals surface area contributed by atoms with Crippen LogP contribution in [0.1, 0.15) is 10.5 Å². The molecule has 1 aliphatic heterocycles. The normalized spacial score (nSPS) is 20.6. The van der Waals surface area contributed by atoms with Gasteiger partial charge < -0.3 is 19.7 Å². The van der Waals surface area contributed by atoms with Crippen LogP contribution in [0.5, 0.6) is 0 Å². The summed E-state index contributed by atoms with van der Waals surface area (Å²) in [6.07, 6.45) is 3.70. The van der Waals surface area contributed by atoms with Crippen molar-refractivity contribution in [3.8, 4) is 0 Å². The van der Waals surface area contributed by atoms with Crippen LogP contribution in [-0.2, 0) is 7.05 Å². The van der Waals surface area contributed by atoms with Crippen molar-refractivity contribution in [3.05, 3.63) is 48.4 Å². The van der Waals surface area contributed by atoms with Crippen LogP contribution in [0.4, 0.5) is 5.82 Å². The minimum atomic E-state index is -0.0147. The van der Waals surface area contributed by atoms with Gasteiger partial charge in [-0.1, -0.05) is 6.07 Å². The van der Waals surface area contributed by atoms with Gasteiger partial charge in [0.1, 0.15) is 11.5 Å². The van der Waals surface area contributed by atoms with E-state index in [1.54, 1.807) is 0 Å². The summed E-state index contributed by atoms with van der Waals surface area (Å²) in [6, 6.07) is 9.79. The minimum Gasteiger partial charge on any atom is -0.354 e. The van der Waals surface area contributed by atoms with Gasteiger partial charge >= 0.3 is 0 Å². The first kappa shape index (κ1) is 16.5. The number of aryl methyl sites for hydroxylation is 1. The van der Waals surface area contributed by atoms with E-state index in [-0.39, 0.29) is 11.9 Å². The molecule has 128 valence electrons. The molecule has 1 amide bonds. The third-order valence-electron chi connectivity index (χ3n) is 4.51. The molecule has 1 saturated heterocycles. The number of carbonyl (C=O) groups is 1. The second kappa shape index (κ2) is 7.05. The Hall–Kier alpha value is -2.34. The molecule has 6 heteroatoms. The number of nitrogens with zero attached hydrogens (tertiary/aromatic N) is 4. The van der Waals surface area contributed by atoms with Crippen molar-refractivity contribution in [2.75, 3.05) is 38.6 Å². The van der Waals surface area contributed by atoms with E-state index in [0.29, 0.717) is 11.6 Å². The van der Waals surface area contributed by atoms with Gasteiger partial charge in [0.25, 0.3) is 5.91 Å². The number of nitrogens with one attached hydrogen (secondary N) is 1. The zero-order chi connectivity index (χ0) is 17.1. The van der Waals surface area contributed by atoms with Gasteiger partial charge in [-0.15, -0.1) is 0 Å². The fraction of sp³-hybridized carbons (Fsp3) is 0.444. The molecular formula is C18H25N5O. The topological polar surface area (TPSA) is 53.4 Å². The summed E-state index contributed by atoms with van der Waals surface area (Å²) in [4.78, 5) is 21.5. The Kier molecular flexibility index (Phi) is 4.85. The third-order valence-corrected chi connectivity index (χ3v) is 4.51. The van der Waals surface area contributed by atoms with Gasteiger partial charge in [0.15, 0.2) is 0 Å². The predicted molar refractivity (Wildman–Crippen MR) is 95.2 cm³/mol. The lowest BCUT2D eigenvalue weighted by Crippen LogP contribution is -2.43. The van der Waals surface area contributed by atoms with Crippen molar-refractivity contribution >= 4 is 11.7 Å². The highest BCUT2D eigenvalue weighted by atomic mass is 16.2. The van der Waals surface area contributed by atoms with Crippen LogP contribution in [-0.4, -0.2) is 60.1 Å². The molecule has 2 atom stereocenters. The number of aromatic nitrogens is 2. The van der Waals surface area contributed by atoms with E-state index in [1.165, 1.54) is 0 Å². The number of carbonyl (C=O) groups excluding carboxylic acids is 1. The molecule has 24 heavy (non-hydrogen) atoms. The quantitative estimate of drug-likeness (QED) is 0.897. The fourth-order valence-electron chi connectivity index (χ4n) is 3.36. The average molecular weight is 327 g/mol. The molecule has 0 aromatic carbocycles. The highest BCUT2D eigenvalue weighted by Gasteiger charge is 2.35. The smallest absolute Gasteiger partial charge is 0.268 e. The number of anilines is 1. The molecule has 2 aromatic heterocycles. The highest BCUT2D eigenvalue weighted by molar-refractivity contribution is 5.93. The molecule has 0 spiro atoms. The molecule has 0 saturated carbocycles. The Morgan fingerprint density at radius 1 is 1.29 bits per heavy atom. The Bertz CT molecular complexity index is 682. The maximum Gasteiger partial charge on any atom is 0.268 e. The van der Waals surface area contributed by atoms with E-state index in [9.17, 15) is 4.79 Å². The Labute approximate surface area is 143 Å². The number of pyridine rings is 1. The molecule has 0 aliphatic carbocycles. The van der Waals surface area contributed by atoms with Gasteiger partial charge in [0.2, 0.25) is 0 Å². The van der Waals surface area contributed by atoms with E-state index < -0.39 is 0 Å². The lowest BCUT2D eigenvalue weighted by Gasteiger charge is -2.22. The molecule has 1 fully saturated rings. The molecule has 3 heterocycles. The van der Waals surface area contributed by atoms with Crippen LogP contribution >= 0.6 is 0 Å². The van der Waals surface area contributed by atoms with E-state index >= 15 is 0 Å². The molecular weight excluding hydrogens is 302 g/mol. The van der Waals surface area contributed by atoms with Crippen LogP contribution in [0.3, 0.4) is 0 Å². The van der Waals surface area contributed by atoms with Crippen LogP contribution < -0.4 is 10.2 Å². The lowest BCUT2D eigenvalue weighted by molar-refractivity contribution is 0.0919. The lowest BCUT2D eigenvalue weighted by atomic mass is 10.0. The van der Waals surface area contributed by atoms with Crippen LogP contribution in [0.25, 0.3) is 0 Å². The van der Waals surface area contributed by atoms with Gasteiger partial charge in [-0.2, -0.15) is 0 Å². The van der Waals surface area contributed by atoms with Crippen molar-refractivity contribution in [1.82, 2.24) is 19.8 Å². The van der Waals surface area contributed by atoms with Crippen molar-refractivity contribution < 1.29 is 4.79 Å². The molecule has 6 nitrogen and oxygen atoms in total. The highest BCUT2D eigenvalue weighted by Crippen LogP contribution is 2.23. The van der Waals surface area contributed by atoms with Gasteiger partial charge in [-0.3, -0.25) is 4.79 Å². The average Bonchev–Trinajstić information content (AvgIpc) is 3.14. The Morgan fingerprint density at radius 2 is 2.12 bits per heavy atom. The van der Waals surface area contributed by atoms with Gasteiger partial charge in [0.05, 0.1) is 6.04 Å². The summed E-state index contributed by atoms with van der Waals surface area (Å²) in [5.74, 6) is 1.32. The number of hydrogen-bond donors (Lipinski definition) is 1. The zero-order valence-electron chi connectivity index (χ0n) is 14.5. The monoisotopic (exact) mass is 327 g/mol. The summed E-state index contributed by atoms with van der Waals surface area (Å²) < 4.78 is 1.85. The first-order valence-corrected chi connectivity index (χ1v) is 8.27. The van der Waals surface area contributed by atoms with E-state index in [1.807, 2.05) is 54.3 Å². The fourth-order valence-corrected chi connectivity index (χ4v) is 3.36. The van der Waals surface area contributed by atoms with Crippen molar-refractivity contribution in [3.63, 3.8) is 0 Å². The second-order valence-electron chi connectivity index (χ2n) is 6.70. The second-order valence-corrected chi connectivity index (χ2v) is 6.70. The van der Waals surface area contributed by atoms with Crippen LogP contribution in [0.2, 0.25) is 0 Å². The van der Waals surface area contributed by atoms with Crippen LogP contribution in [0, 0.1) is 5.92 Å². The van der Waals surface area contributed by atoms with Crippen LogP contribution in [0.15, 0.2) is 42.7 Å². The summed E-state index contributed by atoms with van der Waals surface area (Å²) in [6.45, 7) is 2.61.